The largest absolute Gasteiger partial charge is 0.508 e. The maximum atomic E-state index is 11.5. The van der Waals surface area contributed by atoms with Crippen LogP contribution in [0.2, 0.25) is 0 Å². The third kappa shape index (κ3) is 58.9. The van der Waals surface area contributed by atoms with Gasteiger partial charge in [-0.1, -0.05) is 75.1 Å². The van der Waals surface area contributed by atoms with Crippen molar-refractivity contribution in [2.75, 3.05) is 13.2 Å². The fourth-order valence-corrected chi connectivity index (χ4v) is 3.45. The molecule has 0 fully saturated rings. The number of nitrogens with one attached hydrogen (secondary N) is 1. The Balaban J connectivity index is -0.0000000836. The quantitative estimate of drug-likeness (QED) is 0.0126. The van der Waals surface area contributed by atoms with Gasteiger partial charge in [-0.25, -0.2) is 34.5 Å². The molecule has 0 aromatic heterocycles. The van der Waals surface area contributed by atoms with Gasteiger partial charge < -0.3 is 29.3 Å². The zero-order valence-corrected chi connectivity index (χ0v) is 47.2. The van der Waals surface area contributed by atoms with E-state index in [1.54, 1.807) is 97.0 Å². The fraction of sp³-hybridized carbons (Fsp3) is 0.185. The molecule has 86 heavy (non-hydrogen) atoms. The standard InChI is InChI=1S/C16H15NO4.C16H6.C12H11NO3.C12H6.C8H10O3.CH4.H3NO4.HNO3.6H2/c1-4-20-16(19)13(10-17)9-12-5-7-14(8-6-12)21-15(18)11(2)3;1-3-5-7-9-11-13-15-16-14-12-10-8-6-4-2;1-2-16-12(15)10(8-13)7-9-3-5-11(14)6-4-9;1-3-5-7-9-11-12-10-8-6-4-2;1-5(2)7(9)11-8(10)6(3)4;;2-4-1-5-3;2-1(3)4;;;;;;/h5-9H,2,4H2,1,3H3;1-2H3;3-7,14H,2H2,1H3;1-2H3;1,3H2,2,4H3;1H4;1-3H;(H,2,3,4);6*1H/b13-9-;;10-7-;;;;;;;;;;;. The molecule has 0 radical (unpaired) electrons. The molecule has 5 N–H and O–H groups in total. The highest BCUT2D eigenvalue weighted by Crippen LogP contribution is 2.16. The van der Waals surface area contributed by atoms with Gasteiger partial charge in [0.15, 0.2) is 0 Å². The summed E-state index contributed by atoms with van der Waals surface area (Å²) in [4.78, 5) is 69.7. The topological polar surface area (TPSA) is 324 Å². The van der Waals surface area contributed by atoms with Crippen molar-refractivity contribution in [1.29, 1.82) is 10.5 Å². The monoisotopic (exact) mass is 1180 g/mol. The van der Waals surface area contributed by atoms with Crippen LogP contribution in [-0.2, 0) is 48.2 Å². The predicted molar refractivity (Wildman–Crippen MR) is 331 cm³/mol. The Morgan fingerprint density at radius 2 is 0.791 bits per heavy atom. The molecular weight excluding hydrogens is 1110 g/mol. The van der Waals surface area contributed by atoms with E-state index >= 15 is 0 Å². The Morgan fingerprint density at radius 3 is 1.00 bits per heavy atom. The fourth-order valence-electron chi connectivity index (χ4n) is 3.45. The van der Waals surface area contributed by atoms with Gasteiger partial charge in [0.25, 0.3) is 5.09 Å². The SMILES string of the molecule is C.C=C(C)C(=O)OC(=O)C(=C)C.C=C(C)C(=O)Oc1ccc(/C=C(/C#N)C(=O)OCC)cc1.CC#CC#CC#CC#CC#CC.CC#CC#CC#CC#CC#CC#CC#CC.CCOC(=O)/C(C#N)=C\c1ccc(O)cc1.O=[N+]([O-])O.OONOO.[HH].[HH].[HH].[HH].[HH].[HH]. The van der Waals surface area contributed by atoms with Gasteiger partial charge in [-0.2, -0.15) is 10.5 Å². The molecule has 0 spiro atoms. The Hall–Kier alpha value is -12.8. The van der Waals surface area contributed by atoms with Crippen molar-refractivity contribution >= 4 is 42.0 Å². The number of carbonyl (C=O) groups excluding carboxylic acids is 5. The summed E-state index contributed by atoms with van der Waals surface area (Å²) in [5.74, 6) is 58.4. The maximum absolute atomic E-state index is 11.5. The molecule has 2 rings (SSSR count). The summed E-state index contributed by atoms with van der Waals surface area (Å²) >= 11 is 0. The number of phenolic OH excluding ortho intramolecular Hbond substituents is 1. The third-order valence-corrected chi connectivity index (χ3v) is 6.77. The van der Waals surface area contributed by atoms with E-state index in [4.69, 9.17) is 55.7 Å². The van der Waals surface area contributed by atoms with Crippen LogP contribution in [0.3, 0.4) is 0 Å². The summed E-state index contributed by atoms with van der Waals surface area (Å²) in [5, 5.41) is 54.7. The van der Waals surface area contributed by atoms with E-state index in [-0.39, 0.29) is 57.2 Å². The highest BCUT2D eigenvalue weighted by molar-refractivity contribution is 6.01. The molecule has 0 amide bonds. The van der Waals surface area contributed by atoms with Crippen molar-refractivity contribution in [3.63, 3.8) is 0 Å². The minimum absolute atomic E-state index is 0. The number of hydrogen-bond acceptors (Lipinski definition) is 19. The maximum Gasteiger partial charge on any atom is 0.348 e. The van der Waals surface area contributed by atoms with Crippen LogP contribution >= 0.6 is 0 Å². The van der Waals surface area contributed by atoms with Crippen molar-refractivity contribution < 1.29 is 87.4 Å². The second-order valence-electron chi connectivity index (χ2n) is 13.4. The lowest BCUT2D eigenvalue weighted by atomic mass is 10.1. The van der Waals surface area contributed by atoms with Gasteiger partial charge in [-0.3, -0.25) is 0 Å². The molecule has 0 aliphatic heterocycles. The first-order chi connectivity index (χ1) is 40.6. The third-order valence-electron chi connectivity index (χ3n) is 6.77. The van der Waals surface area contributed by atoms with E-state index in [2.05, 4.69) is 177 Å². The van der Waals surface area contributed by atoms with Gasteiger partial charge in [-0.05, 0) is 234 Å². The molecule has 21 nitrogen and oxygen atoms in total. The molecular formula is C65H68N4O17. The minimum atomic E-state index is -1.50. The number of hydrogen-bond donors (Lipinski definition) is 5. The van der Waals surface area contributed by atoms with Gasteiger partial charge in [0.2, 0.25) is 0 Å². The van der Waals surface area contributed by atoms with Gasteiger partial charge >= 0.3 is 29.8 Å². The molecule has 0 aliphatic carbocycles. The van der Waals surface area contributed by atoms with Crippen LogP contribution in [-0.4, -0.2) is 69.0 Å². The van der Waals surface area contributed by atoms with Crippen LogP contribution in [0.4, 0.5) is 0 Å². The summed E-state index contributed by atoms with van der Waals surface area (Å²) in [5.41, 5.74) is 3.03. The van der Waals surface area contributed by atoms with E-state index in [0.29, 0.717) is 22.4 Å². The van der Waals surface area contributed by atoms with Crippen LogP contribution in [0.15, 0.2) is 96.1 Å². The second-order valence-corrected chi connectivity index (χ2v) is 13.4. The molecule has 0 saturated heterocycles. The van der Waals surface area contributed by atoms with Crippen LogP contribution in [0.5, 0.6) is 11.5 Å². The number of ether oxygens (including phenoxy) is 4. The van der Waals surface area contributed by atoms with Crippen molar-refractivity contribution in [3.05, 3.63) is 117 Å². The Morgan fingerprint density at radius 1 is 0.535 bits per heavy atom. The Bertz CT molecular complexity index is 3520. The molecule has 450 valence electrons. The van der Waals surface area contributed by atoms with Crippen molar-refractivity contribution in [1.82, 2.24) is 5.64 Å². The molecule has 0 atom stereocenters. The number of nitriles is 2. The number of rotatable bonds is 12. The van der Waals surface area contributed by atoms with Gasteiger partial charge in [0.1, 0.15) is 34.8 Å². The van der Waals surface area contributed by atoms with Crippen molar-refractivity contribution in [3.8, 4) is 166 Å². The first kappa shape index (κ1) is 84.5. The Labute approximate surface area is 510 Å². The predicted octanol–water partition coefficient (Wildman–Crippen LogP) is 8.95. The number of aromatic hydroxyl groups is 1. The number of esters is 5. The number of benzene rings is 2. The lowest BCUT2D eigenvalue weighted by molar-refractivity contribution is -0.742. The highest BCUT2D eigenvalue weighted by Gasteiger charge is 2.12. The Kier molecular flexibility index (Phi) is 60.3. The molecule has 0 bridgehead atoms. The smallest absolute Gasteiger partial charge is 0.348 e. The average molecular weight is 1180 g/mol. The number of phenols is 1. The molecule has 0 saturated carbocycles. The lowest BCUT2D eigenvalue weighted by Gasteiger charge is -2.04. The van der Waals surface area contributed by atoms with Gasteiger partial charge in [-0.15, -0.1) is 20.1 Å². The van der Waals surface area contributed by atoms with E-state index < -0.39 is 34.9 Å². The van der Waals surface area contributed by atoms with E-state index in [1.807, 2.05) is 0 Å². The van der Waals surface area contributed by atoms with Crippen LogP contribution in [0.25, 0.3) is 12.2 Å². The normalized spacial score (nSPS) is 7.64. The average Bonchev–Trinajstić information content (AvgIpc) is 2.16. The first-order valence-electron chi connectivity index (χ1n) is 22.9. The highest BCUT2D eigenvalue weighted by atomic mass is 17.3. The van der Waals surface area contributed by atoms with Crippen LogP contribution in [0, 0.1) is 175 Å². The molecule has 2 aromatic carbocycles. The van der Waals surface area contributed by atoms with E-state index in [1.165, 1.54) is 43.8 Å². The molecule has 0 unspecified atom stereocenters. The second kappa shape index (κ2) is 61.4. The molecule has 0 aliphatic rings. The molecule has 2 aromatic rings. The summed E-state index contributed by atoms with van der Waals surface area (Å²) in [7, 11) is 0. The van der Waals surface area contributed by atoms with Crippen LogP contribution < -0.4 is 10.4 Å². The summed E-state index contributed by atoms with van der Waals surface area (Å²) in [6.07, 6.45) is 2.82. The molecule has 0 heterocycles. The van der Waals surface area contributed by atoms with Gasteiger partial charge in [0.05, 0.1) is 13.2 Å². The van der Waals surface area contributed by atoms with E-state index in [0.717, 1.165) is 0 Å². The van der Waals surface area contributed by atoms with E-state index in [9.17, 15) is 24.0 Å². The number of carbonyl (C=O) groups is 5. The zero-order valence-electron chi connectivity index (χ0n) is 47.2. The minimum Gasteiger partial charge on any atom is -0.508 e. The van der Waals surface area contributed by atoms with Crippen molar-refractivity contribution in [2.45, 2.75) is 69.7 Å². The van der Waals surface area contributed by atoms with Crippen molar-refractivity contribution in [2.24, 2.45) is 0 Å². The summed E-state index contributed by atoms with van der Waals surface area (Å²) in [6.45, 7) is 25.2. The zero-order chi connectivity index (χ0) is 65.5. The number of nitrogens with zero attached hydrogens (tertiary/aromatic N) is 3. The summed E-state index contributed by atoms with van der Waals surface area (Å²) < 4.78 is 18.8. The lowest BCUT2D eigenvalue weighted by Crippen LogP contribution is -2.12. The molecule has 21 heteroatoms. The first-order valence-corrected chi connectivity index (χ1v) is 22.9. The van der Waals surface area contributed by atoms with Crippen LogP contribution in [0.1, 0.15) is 89.4 Å². The summed E-state index contributed by atoms with van der Waals surface area (Å²) in [6, 6.07) is 16.1. The van der Waals surface area contributed by atoms with Gasteiger partial charge in [0, 0.05) is 25.3 Å².